The summed E-state index contributed by atoms with van der Waals surface area (Å²) in [4.78, 5) is 12.0. The first-order valence-electron chi connectivity index (χ1n) is 7.23. The van der Waals surface area contributed by atoms with E-state index < -0.39 is 6.03 Å². The van der Waals surface area contributed by atoms with Gasteiger partial charge in [-0.3, -0.25) is 5.32 Å². The summed E-state index contributed by atoms with van der Waals surface area (Å²) in [5, 5.41) is 14.9. The zero-order valence-electron chi connectivity index (χ0n) is 13.0. The Labute approximate surface area is 175 Å². The van der Waals surface area contributed by atoms with Crippen LogP contribution in [0.15, 0.2) is 51.4 Å². The number of halogens is 3. The number of nitrogens with one attached hydrogen (secondary N) is 2. The zero-order chi connectivity index (χ0) is 18.5. The lowest BCUT2D eigenvalue weighted by Crippen LogP contribution is -2.19. The highest BCUT2D eigenvalue weighted by molar-refractivity contribution is 9.11. The van der Waals surface area contributed by atoms with Crippen LogP contribution in [0.2, 0.25) is 5.02 Å². The van der Waals surface area contributed by atoms with Gasteiger partial charge in [0.05, 0.1) is 4.47 Å². The molecule has 2 N–H and O–H groups in total. The normalized spacial score (nSPS) is 10.4. The number of anilines is 2. The molecule has 26 heavy (non-hydrogen) atoms. The maximum Gasteiger partial charge on any atom is 0.325 e. The minimum absolute atomic E-state index is 0.248. The highest BCUT2D eigenvalue weighted by Gasteiger charge is 2.10. The maximum atomic E-state index is 12.0. The molecule has 0 bridgehead atoms. The molecule has 3 rings (SSSR count). The molecule has 0 aliphatic heterocycles. The Bertz CT molecular complexity index is 921. The topological polar surface area (TPSA) is 76.1 Å². The van der Waals surface area contributed by atoms with Gasteiger partial charge in [0.2, 0.25) is 5.13 Å². The maximum absolute atomic E-state index is 12.0. The predicted octanol–water partition coefficient (Wildman–Crippen LogP) is 5.94. The molecule has 10 heteroatoms. The van der Waals surface area contributed by atoms with Gasteiger partial charge in [0, 0.05) is 15.2 Å². The number of aromatic nitrogens is 2. The standard InChI is InChI=1S/C16H11Br2ClN4O2S/c17-9-1-6-13(12(18)7-9)25-8-14-22-23-16(26-14)21-15(24)20-11-4-2-10(19)3-5-11/h1-7H,8H2,(H2,20,21,23,24). The second-order valence-electron chi connectivity index (χ2n) is 4.95. The molecule has 2 amide bonds. The lowest BCUT2D eigenvalue weighted by atomic mass is 10.3. The van der Waals surface area contributed by atoms with E-state index in [1.807, 2.05) is 18.2 Å². The molecule has 0 fully saturated rings. The van der Waals surface area contributed by atoms with Crippen LogP contribution in [0.4, 0.5) is 15.6 Å². The summed E-state index contributed by atoms with van der Waals surface area (Å²) < 4.78 is 7.48. The Morgan fingerprint density at radius 3 is 2.62 bits per heavy atom. The second kappa shape index (κ2) is 8.81. The molecule has 1 aromatic heterocycles. The number of carbonyl (C=O) groups excluding carboxylic acids is 1. The van der Waals surface area contributed by atoms with Gasteiger partial charge in [0.15, 0.2) is 5.01 Å². The van der Waals surface area contributed by atoms with Crippen molar-refractivity contribution < 1.29 is 9.53 Å². The number of hydrogen-bond donors (Lipinski definition) is 2. The van der Waals surface area contributed by atoms with Crippen molar-refractivity contribution in [2.45, 2.75) is 6.61 Å². The van der Waals surface area contributed by atoms with Crippen molar-refractivity contribution in [2.24, 2.45) is 0 Å². The Kier molecular flexibility index (Phi) is 6.47. The van der Waals surface area contributed by atoms with Crippen molar-refractivity contribution in [1.82, 2.24) is 10.2 Å². The third-order valence-electron chi connectivity index (χ3n) is 3.03. The second-order valence-corrected chi connectivity index (χ2v) is 8.22. The average Bonchev–Trinajstić information content (AvgIpc) is 3.03. The highest BCUT2D eigenvalue weighted by Crippen LogP contribution is 2.29. The van der Waals surface area contributed by atoms with Gasteiger partial charge in [-0.2, -0.15) is 0 Å². The van der Waals surface area contributed by atoms with Gasteiger partial charge in [0.25, 0.3) is 0 Å². The van der Waals surface area contributed by atoms with Crippen LogP contribution < -0.4 is 15.4 Å². The van der Waals surface area contributed by atoms with Crippen LogP contribution in [0, 0.1) is 0 Å². The fraction of sp³-hybridized carbons (Fsp3) is 0.0625. The van der Waals surface area contributed by atoms with Crippen molar-refractivity contribution in [2.75, 3.05) is 10.6 Å². The molecule has 0 radical (unpaired) electrons. The minimum Gasteiger partial charge on any atom is -0.485 e. The molecule has 3 aromatic rings. The SMILES string of the molecule is O=C(Nc1ccc(Cl)cc1)Nc1nnc(COc2ccc(Br)cc2Br)s1. The first-order valence-corrected chi connectivity index (χ1v) is 10.0. The number of urea groups is 1. The van der Waals surface area contributed by atoms with Gasteiger partial charge in [0.1, 0.15) is 12.4 Å². The summed E-state index contributed by atoms with van der Waals surface area (Å²) in [5.74, 6) is 0.693. The molecule has 0 saturated heterocycles. The predicted molar refractivity (Wildman–Crippen MR) is 110 cm³/mol. The summed E-state index contributed by atoms with van der Waals surface area (Å²) in [6.45, 7) is 0.248. The van der Waals surface area contributed by atoms with Crippen LogP contribution >= 0.6 is 54.8 Å². The summed E-state index contributed by atoms with van der Waals surface area (Å²) in [5.41, 5.74) is 0.625. The van der Waals surface area contributed by atoms with Gasteiger partial charge in [-0.15, -0.1) is 10.2 Å². The fourth-order valence-electron chi connectivity index (χ4n) is 1.89. The smallest absolute Gasteiger partial charge is 0.325 e. The number of nitrogens with zero attached hydrogens (tertiary/aromatic N) is 2. The average molecular weight is 519 g/mol. The molecule has 0 spiro atoms. The number of carbonyl (C=O) groups is 1. The van der Waals surface area contributed by atoms with Crippen molar-refractivity contribution in [3.05, 3.63) is 61.4 Å². The van der Waals surface area contributed by atoms with Gasteiger partial charge >= 0.3 is 6.03 Å². The molecular formula is C16H11Br2ClN4O2S. The van der Waals surface area contributed by atoms with E-state index in [9.17, 15) is 4.79 Å². The molecule has 0 aliphatic carbocycles. The largest absolute Gasteiger partial charge is 0.485 e. The third kappa shape index (κ3) is 5.41. The Balaban J connectivity index is 1.54. The molecular weight excluding hydrogens is 508 g/mol. The van der Waals surface area contributed by atoms with Gasteiger partial charge < -0.3 is 10.1 Å². The van der Waals surface area contributed by atoms with E-state index in [0.29, 0.717) is 26.6 Å². The van der Waals surface area contributed by atoms with Gasteiger partial charge in [-0.25, -0.2) is 4.79 Å². The van der Waals surface area contributed by atoms with Gasteiger partial charge in [-0.1, -0.05) is 38.9 Å². The quantitative estimate of drug-likeness (QED) is 0.438. The van der Waals surface area contributed by atoms with Crippen molar-refractivity contribution >= 4 is 71.6 Å². The van der Waals surface area contributed by atoms with Crippen molar-refractivity contribution in [3.63, 3.8) is 0 Å². The van der Waals surface area contributed by atoms with Crippen LogP contribution in [-0.2, 0) is 6.61 Å². The summed E-state index contributed by atoms with van der Waals surface area (Å²) in [6.07, 6.45) is 0. The lowest BCUT2D eigenvalue weighted by molar-refractivity contribution is 0.262. The van der Waals surface area contributed by atoms with Crippen molar-refractivity contribution in [3.8, 4) is 5.75 Å². The number of amides is 2. The molecule has 134 valence electrons. The Morgan fingerprint density at radius 1 is 1.12 bits per heavy atom. The summed E-state index contributed by atoms with van der Waals surface area (Å²) in [7, 11) is 0. The van der Waals surface area contributed by atoms with Crippen LogP contribution in [0.25, 0.3) is 0 Å². The van der Waals surface area contributed by atoms with Gasteiger partial charge in [-0.05, 0) is 58.4 Å². The molecule has 0 atom stereocenters. The van der Waals surface area contributed by atoms with E-state index in [-0.39, 0.29) is 6.61 Å². The third-order valence-corrected chi connectivity index (χ3v) is 5.21. The number of hydrogen-bond acceptors (Lipinski definition) is 5. The molecule has 1 heterocycles. The van der Waals surface area contributed by atoms with Crippen molar-refractivity contribution in [1.29, 1.82) is 0 Å². The monoisotopic (exact) mass is 516 g/mol. The minimum atomic E-state index is -0.411. The highest BCUT2D eigenvalue weighted by atomic mass is 79.9. The summed E-state index contributed by atoms with van der Waals surface area (Å²) in [6, 6.07) is 12.0. The van der Waals surface area contributed by atoms with Crippen LogP contribution in [-0.4, -0.2) is 16.2 Å². The van der Waals surface area contributed by atoms with E-state index in [1.165, 1.54) is 11.3 Å². The molecule has 0 aliphatic rings. The van der Waals surface area contributed by atoms with Crippen LogP contribution in [0.5, 0.6) is 5.75 Å². The Hall–Kier alpha value is -1.68. The number of rotatable bonds is 5. The first kappa shape index (κ1) is 19.1. The van der Waals surface area contributed by atoms with E-state index >= 15 is 0 Å². The number of benzene rings is 2. The summed E-state index contributed by atoms with van der Waals surface area (Å²) >= 11 is 13.9. The first-order chi connectivity index (χ1) is 12.5. The van der Waals surface area contributed by atoms with E-state index in [4.69, 9.17) is 16.3 Å². The Morgan fingerprint density at radius 2 is 1.88 bits per heavy atom. The van der Waals surface area contributed by atoms with Crippen LogP contribution in [0.1, 0.15) is 5.01 Å². The van der Waals surface area contributed by atoms with E-state index in [1.54, 1.807) is 24.3 Å². The number of ether oxygens (including phenoxy) is 1. The van der Waals surface area contributed by atoms with Crippen LogP contribution in [0.3, 0.4) is 0 Å². The lowest BCUT2D eigenvalue weighted by Gasteiger charge is -2.06. The zero-order valence-corrected chi connectivity index (χ0v) is 17.7. The fourth-order valence-corrected chi connectivity index (χ4v) is 3.82. The molecule has 0 saturated carbocycles. The molecule has 0 unspecified atom stereocenters. The molecule has 2 aromatic carbocycles. The van der Waals surface area contributed by atoms with E-state index in [2.05, 4.69) is 52.7 Å². The van der Waals surface area contributed by atoms with E-state index in [0.717, 1.165) is 8.95 Å². The molecule has 6 nitrogen and oxygen atoms in total.